The van der Waals surface area contributed by atoms with Gasteiger partial charge in [-0.15, -0.1) is 0 Å². The van der Waals surface area contributed by atoms with E-state index in [0.29, 0.717) is 11.5 Å². The number of aliphatic hydroxyl groups excluding tert-OH is 1. The van der Waals surface area contributed by atoms with E-state index in [4.69, 9.17) is 0 Å². The summed E-state index contributed by atoms with van der Waals surface area (Å²) in [6.07, 6.45) is 3.27. The number of hydrogen-bond acceptors (Lipinski definition) is 4. The van der Waals surface area contributed by atoms with Crippen molar-refractivity contribution >= 4 is 17.4 Å². The molecule has 0 radical (unpaired) electrons. The zero-order chi connectivity index (χ0) is 22.8. The minimum absolute atomic E-state index is 0.0113. The number of Topliss-reactive ketones (excluding diaryl/α,β-unsaturated/α-hetero) is 1. The zero-order valence-electron chi connectivity index (χ0n) is 17.8. The van der Waals surface area contributed by atoms with Gasteiger partial charge >= 0.3 is 0 Å². The van der Waals surface area contributed by atoms with Gasteiger partial charge in [0.15, 0.2) is 0 Å². The van der Waals surface area contributed by atoms with Gasteiger partial charge in [0.1, 0.15) is 11.6 Å². The topological polar surface area (TPSA) is 70.5 Å². The number of amides is 1. The predicted molar refractivity (Wildman–Crippen MR) is 119 cm³/mol. The number of rotatable bonds is 5. The summed E-state index contributed by atoms with van der Waals surface area (Å²) in [5.41, 5.74) is 2.86. The largest absolute Gasteiger partial charge is 0.507 e. The highest BCUT2D eigenvalue weighted by Crippen LogP contribution is 2.40. The first-order valence-corrected chi connectivity index (χ1v) is 10.4. The van der Waals surface area contributed by atoms with Crippen molar-refractivity contribution in [2.24, 2.45) is 0 Å². The fourth-order valence-electron chi connectivity index (χ4n) is 3.90. The molecule has 1 aliphatic rings. The average Bonchev–Trinajstić information content (AvgIpc) is 3.05. The molecule has 1 N–H and O–H groups in total. The molecule has 0 saturated carbocycles. The van der Waals surface area contributed by atoms with Gasteiger partial charge in [-0.2, -0.15) is 0 Å². The molecule has 6 heteroatoms. The molecule has 162 valence electrons. The minimum atomic E-state index is -0.776. The standard InChI is InChI=1S/C26H23FN2O3/c1-16(2)18-5-7-19(8-6-18)23-22(24(30)20-9-11-21(27)12-10-20)25(31)26(32)29(23)15-17-4-3-13-28-14-17/h3-14,16,23,30H,15H2,1-2H3/t23-/m1/s1. The Kier molecular flexibility index (Phi) is 5.86. The van der Waals surface area contributed by atoms with Crippen LogP contribution in [-0.4, -0.2) is 26.7 Å². The highest BCUT2D eigenvalue weighted by atomic mass is 19.1. The van der Waals surface area contributed by atoms with E-state index < -0.39 is 23.5 Å². The third-order valence-electron chi connectivity index (χ3n) is 5.65. The van der Waals surface area contributed by atoms with Gasteiger partial charge < -0.3 is 10.0 Å². The molecule has 1 atom stereocenters. The van der Waals surface area contributed by atoms with E-state index in [1.165, 1.54) is 29.2 Å². The van der Waals surface area contributed by atoms with Crippen LogP contribution in [-0.2, 0) is 16.1 Å². The Morgan fingerprint density at radius 3 is 2.34 bits per heavy atom. The average molecular weight is 430 g/mol. The van der Waals surface area contributed by atoms with Crippen molar-refractivity contribution in [3.8, 4) is 0 Å². The first-order chi connectivity index (χ1) is 15.4. The Bertz CT molecular complexity index is 1170. The third kappa shape index (κ3) is 4.04. The van der Waals surface area contributed by atoms with E-state index in [1.54, 1.807) is 18.5 Å². The number of halogens is 1. The third-order valence-corrected chi connectivity index (χ3v) is 5.65. The second-order valence-electron chi connectivity index (χ2n) is 8.12. The van der Waals surface area contributed by atoms with Gasteiger partial charge in [0, 0.05) is 24.5 Å². The SMILES string of the molecule is CC(C)c1ccc([C@@H]2C(=C(O)c3ccc(F)cc3)C(=O)C(=O)N2Cc2cccnc2)cc1. The summed E-state index contributed by atoms with van der Waals surface area (Å²) in [6.45, 7) is 4.32. The summed E-state index contributed by atoms with van der Waals surface area (Å²) in [6, 6.07) is 15.7. The summed E-state index contributed by atoms with van der Waals surface area (Å²) in [4.78, 5) is 31.6. The van der Waals surface area contributed by atoms with Crippen LogP contribution in [0, 0.1) is 5.82 Å². The van der Waals surface area contributed by atoms with Gasteiger partial charge in [-0.05, 0) is 52.9 Å². The van der Waals surface area contributed by atoms with E-state index in [9.17, 15) is 19.1 Å². The molecule has 1 fully saturated rings. The molecule has 1 aliphatic heterocycles. The van der Waals surface area contributed by atoms with Crippen molar-refractivity contribution in [3.63, 3.8) is 0 Å². The second-order valence-corrected chi connectivity index (χ2v) is 8.12. The van der Waals surface area contributed by atoms with E-state index in [2.05, 4.69) is 18.8 Å². The lowest BCUT2D eigenvalue weighted by molar-refractivity contribution is -0.140. The number of aliphatic hydroxyl groups is 1. The van der Waals surface area contributed by atoms with Crippen LogP contribution in [0.5, 0.6) is 0 Å². The van der Waals surface area contributed by atoms with Gasteiger partial charge in [-0.1, -0.05) is 44.2 Å². The van der Waals surface area contributed by atoms with Crippen LogP contribution >= 0.6 is 0 Å². The van der Waals surface area contributed by atoms with Gasteiger partial charge in [0.25, 0.3) is 11.7 Å². The highest BCUT2D eigenvalue weighted by molar-refractivity contribution is 6.46. The number of carbonyl (C=O) groups is 2. The molecule has 4 rings (SSSR count). The summed E-state index contributed by atoms with van der Waals surface area (Å²) in [7, 11) is 0. The Hall–Kier alpha value is -3.80. The van der Waals surface area contributed by atoms with E-state index in [0.717, 1.165) is 11.1 Å². The fraction of sp³-hybridized carbons (Fsp3) is 0.192. The van der Waals surface area contributed by atoms with Gasteiger partial charge in [-0.25, -0.2) is 4.39 Å². The van der Waals surface area contributed by atoms with E-state index in [1.807, 2.05) is 30.3 Å². The maximum atomic E-state index is 13.4. The van der Waals surface area contributed by atoms with Crippen LogP contribution in [0.15, 0.2) is 78.6 Å². The molecule has 0 bridgehead atoms. The Morgan fingerprint density at radius 1 is 1.06 bits per heavy atom. The van der Waals surface area contributed by atoms with Crippen molar-refractivity contribution in [3.05, 3.63) is 107 Å². The summed E-state index contributed by atoms with van der Waals surface area (Å²) in [5, 5.41) is 11.0. The smallest absolute Gasteiger partial charge is 0.295 e. The van der Waals surface area contributed by atoms with Crippen molar-refractivity contribution in [2.75, 3.05) is 0 Å². The lowest BCUT2D eigenvalue weighted by Crippen LogP contribution is -2.29. The van der Waals surface area contributed by atoms with Crippen LogP contribution in [0.1, 0.15) is 48.1 Å². The Labute approximate surface area is 185 Å². The first-order valence-electron chi connectivity index (χ1n) is 10.4. The lowest BCUT2D eigenvalue weighted by Gasteiger charge is -2.25. The number of benzene rings is 2. The zero-order valence-corrected chi connectivity index (χ0v) is 17.8. The first kappa shape index (κ1) is 21.4. The highest BCUT2D eigenvalue weighted by Gasteiger charge is 2.46. The van der Waals surface area contributed by atoms with Gasteiger partial charge in [0.05, 0.1) is 11.6 Å². The molecule has 2 aromatic carbocycles. The van der Waals surface area contributed by atoms with E-state index >= 15 is 0 Å². The monoisotopic (exact) mass is 430 g/mol. The van der Waals surface area contributed by atoms with Crippen molar-refractivity contribution < 1.29 is 19.1 Å². The molecule has 0 aliphatic carbocycles. The lowest BCUT2D eigenvalue weighted by atomic mass is 9.93. The number of pyridine rings is 1. The Morgan fingerprint density at radius 2 is 1.75 bits per heavy atom. The van der Waals surface area contributed by atoms with Crippen molar-refractivity contribution in [1.82, 2.24) is 9.88 Å². The number of nitrogens with zero attached hydrogens (tertiary/aromatic N) is 2. The van der Waals surface area contributed by atoms with Crippen molar-refractivity contribution in [1.29, 1.82) is 0 Å². The molecular formula is C26H23FN2O3. The normalized spacial score (nSPS) is 17.9. The van der Waals surface area contributed by atoms with Crippen LogP contribution in [0.3, 0.4) is 0 Å². The minimum Gasteiger partial charge on any atom is -0.507 e. The summed E-state index contributed by atoms with van der Waals surface area (Å²) in [5.74, 6) is -1.93. The maximum Gasteiger partial charge on any atom is 0.295 e. The predicted octanol–water partition coefficient (Wildman–Crippen LogP) is 4.97. The molecule has 0 unspecified atom stereocenters. The fourth-order valence-corrected chi connectivity index (χ4v) is 3.90. The number of hydrogen-bond donors (Lipinski definition) is 1. The summed E-state index contributed by atoms with van der Waals surface area (Å²) >= 11 is 0. The Balaban J connectivity index is 1.84. The van der Waals surface area contributed by atoms with Crippen LogP contribution in [0.4, 0.5) is 4.39 Å². The van der Waals surface area contributed by atoms with E-state index in [-0.39, 0.29) is 23.4 Å². The number of carbonyl (C=O) groups excluding carboxylic acids is 2. The molecule has 1 saturated heterocycles. The molecular weight excluding hydrogens is 407 g/mol. The number of ketones is 1. The van der Waals surface area contributed by atoms with Crippen LogP contribution in [0.25, 0.3) is 5.76 Å². The molecule has 3 aromatic rings. The molecule has 5 nitrogen and oxygen atoms in total. The van der Waals surface area contributed by atoms with Crippen molar-refractivity contribution in [2.45, 2.75) is 32.4 Å². The number of aromatic nitrogens is 1. The molecule has 32 heavy (non-hydrogen) atoms. The molecule has 0 spiro atoms. The summed E-state index contributed by atoms with van der Waals surface area (Å²) < 4.78 is 13.4. The molecule has 1 amide bonds. The maximum absolute atomic E-state index is 13.4. The van der Waals surface area contributed by atoms with Gasteiger partial charge in [-0.3, -0.25) is 14.6 Å². The van der Waals surface area contributed by atoms with Crippen LogP contribution < -0.4 is 0 Å². The number of likely N-dealkylation sites (tertiary alicyclic amines) is 1. The van der Waals surface area contributed by atoms with Crippen LogP contribution in [0.2, 0.25) is 0 Å². The second kappa shape index (κ2) is 8.75. The quantitative estimate of drug-likeness (QED) is 0.353. The molecule has 1 aromatic heterocycles. The van der Waals surface area contributed by atoms with Gasteiger partial charge in [0.2, 0.25) is 0 Å². The molecule has 2 heterocycles.